The monoisotopic (exact) mass is 237 g/mol. The van der Waals surface area contributed by atoms with E-state index in [1.807, 2.05) is 38.1 Å². The van der Waals surface area contributed by atoms with E-state index in [1.54, 1.807) is 0 Å². The van der Waals surface area contributed by atoms with Gasteiger partial charge in [-0.3, -0.25) is 0 Å². The minimum absolute atomic E-state index is 0.669. The Balaban J connectivity index is 2.59. The summed E-state index contributed by atoms with van der Waals surface area (Å²) in [6, 6.07) is 9.64. The van der Waals surface area contributed by atoms with Gasteiger partial charge in [0.2, 0.25) is 0 Å². The molecule has 0 aliphatic carbocycles. The average Bonchev–Trinajstić information content (AvgIpc) is 2.31. The van der Waals surface area contributed by atoms with E-state index in [0.29, 0.717) is 18.8 Å². The number of rotatable bonds is 6. The maximum atomic E-state index is 8.68. The van der Waals surface area contributed by atoms with Crippen LogP contribution in [0.5, 0.6) is 0 Å². The lowest BCUT2D eigenvalue weighted by Gasteiger charge is -2.15. The van der Waals surface area contributed by atoms with Gasteiger partial charge in [-0.1, -0.05) is 12.1 Å². The number of nitrogens with zero attached hydrogens (tertiary/aromatic N) is 1. The van der Waals surface area contributed by atoms with Gasteiger partial charge in [-0.05, 0) is 31.5 Å². The minimum atomic E-state index is -0.834. The van der Waals surface area contributed by atoms with Gasteiger partial charge >= 0.3 is 0 Å². The molecule has 0 heterocycles. The summed E-state index contributed by atoms with van der Waals surface area (Å²) in [5.41, 5.74) is 1.83. The van der Waals surface area contributed by atoms with Crippen molar-refractivity contribution in [2.45, 2.75) is 20.0 Å². The third-order valence-electron chi connectivity index (χ3n) is 1.94. The topological polar surface area (TPSA) is 42.2 Å². The molecule has 1 rings (SSSR count). The Bertz CT molecular complexity index is 339. The summed E-state index contributed by atoms with van der Waals surface area (Å²) in [6.45, 7) is 5.27. The Morgan fingerprint density at radius 2 is 1.69 bits per heavy atom. The Labute approximate surface area is 97.9 Å². The lowest BCUT2D eigenvalue weighted by Crippen LogP contribution is -1.94. The van der Waals surface area contributed by atoms with Crippen LogP contribution >= 0.6 is 8.38 Å². The van der Waals surface area contributed by atoms with Gasteiger partial charge in [0.15, 0.2) is 8.38 Å². The Morgan fingerprint density at radius 1 is 1.12 bits per heavy atom. The van der Waals surface area contributed by atoms with Crippen molar-refractivity contribution in [2.75, 3.05) is 13.2 Å². The van der Waals surface area contributed by atoms with E-state index in [-0.39, 0.29) is 0 Å². The molecule has 0 atom stereocenters. The normalized spacial score (nSPS) is 10.4. The van der Waals surface area contributed by atoms with Crippen molar-refractivity contribution < 1.29 is 9.05 Å². The first-order valence-corrected chi connectivity index (χ1v) is 6.68. The second-order valence-electron chi connectivity index (χ2n) is 3.14. The highest BCUT2D eigenvalue weighted by molar-refractivity contribution is 7.46. The van der Waals surface area contributed by atoms with E-state index in [0.717, 1.165) is 11.7 Å². The second-order valence-corrected chi connectivity index (χ2v) is 4.63. The Hall–Kier alpha value is -0.940. The molecule has 86 valence electrons. The van der Waals surface area contributed by atoms with Crippen LogP contribution < -0.4 is 0 Å². The van der Waals surface area contributed by atoms with Crippen LogP contribution in [0.25, 0.3) is 0 Å². The molecular weight excluding hydrogens is 221 g/mol. The first-order chi connectivity index (χ1) is 7.80. The van der Waals surface area contributed by atoms with E-state index < -0.39 is 8.38 Å². The maximum absolute atomic E-state index is 8.68. The average molecular weight is 237 g/mol. The van der Waals surface area contributed by atoms with Crippen molar-refractivity contribution in [3.8, 4) is 6.07 Å². The largest absolute Gasteiger partial charge is 0.334 e. The summed E-state index contributed by atoms with van der Waals surface area (Å²) in [6.07, 6.45) is 0.780. The highest BCUT2D eigenvalue weighted by atomic mass is 31.2. The molecule has 1 aromatic rings. The van der Waals surface area contributed by atoms with Gasteiger partial charge in [0, 0.05) is 6.16 Å². The molecule has 0 N–H and O–H groups in total. The molecule has 0 unspecified atom stereocenters. The predicted molar refractivity (Wildman–Crippen MR) is 65.0 cm³/mol. The third kappa shape index (κ3) is 4.28. The van der Waals surface area contributed by atoms with Gasteiger partial charge in [-0.15, -0.1) is 0 Å². The second kappa shape index (κ2) is 7.35. The fourth-order valence-electron chi connectivity index (χ4n) is 1.25. The van der Waals surface area contributed by atoms with Crippen molar-refractivity contribution in [2.24, 2.45) is 0 Å². The van der Waals surface area contributed by atoms with E-state index >= 15 is 0 Å². The number of hydrogen-bond acceptors (Lipinski definition) is 3. The van der Waals surface area contributed by atoms with E-state index in [4.69, 9.17) is 14.3 Å². The summed E-state index contributed by atoms with van der Waals surface area (Å²) in [5, 5.41) is 8.68. The zero-order chi connectivity index (χ0) is 11.8. The standard InChI is InChI=1S/C12H16NO2P/c1-3-14-16(15-4-2)10-12-7-5-11(9-13)6-8-12/h5-8H,3-4,10H2,1-2H3. The highest BCUT2D eigenvalue weighted by Gasteiger charge is 2.09. The number of nitriles is 1. The van der Waals surface area contributed by atoms with Gasteiger partial charge in [0.1, 0.15) is 0 Å². The summed E-state index contributed by atoms with van der Waals surface area (Å²) in [7, 11) is -0.834. The van der Waals surface area contributed by atoms with Crippen LogP contribution in [0.2, 0.25) is 0 Å². The molecule has 0 radical (unpaired) electrons. The quantitative estimate of drug-likeness (QED) is 0.711. The number of hydrogen-bond donors (Lipinski definition) is 0. The van der Waals surface area contributed by atoms with Crippen LogP contribution in [0.15, 0.2) is 24.3 Å². The molecule has 0 fully saturated rings. The zero-order valence-corrected chi connectivity index (χ0v) is 10.5. The molecule has 0 spiro atoms. The first-order valence-electron chi connectivity index (χ1n) is 5.32. The molecule has 0 aliphatic heterocycles. The van der Waals surface area contributed by atoms with Crippen molar-refractivity contribution in [1.29, 1.82) is 5.26 Å². The zero-order valence-electron chi connectivity index (χ0n) is 9.64. The molecule has 4 heteroatoms. The molecule has 3 nitrogen and oxygen atoms in total. The van der Waals surface area contributed by atoms with E-state index in [2.05, 4.69) is 6.07 Å². The van der Waals surface area contributed by atoms with Gasteiger partial charge in [0.05, 0.1) is 24.8 Å². The summed E-state index contributed by atoms with van der Waals surface area (Å²) < 4.78 is 11.0. The van der Waals surface area contributed by atoms with Crippen LogP contribution in [-0.4, -0.2) is 13.2 Å². The van der Waals surface area contributed by atoms with Crippen LogP contribution in [0.4, 0.5) is 0 Å². The molecule has 0 aliphatic rings. The molecule has 0 bridgehead atoms. The highest BCUT2D eigenvalue weighted by Crippen LogP contribution is 2.41. The molecule has 0 saturated heterocycles. The summed E-state index contributed by atoms with van der Waals surface area (Å²) >= 11 is 0. The van der Waals surface area contributed by atoms with E-state index in [1.165, 1.54) is 0 Å². The number of benzene rings is 1. The first kappa shape index (κ1) is 13.1. The van der Waals surface area contributed by atoms with Gasteiger partial charge in [-0.2, -0.15) is 5.26 Å². The molecule has 1 aromatic carbocycles. The van der Waals surface area contributed by atoms with Gasteiger partial charge in [-0.25, -0.2) is 0 Å². The predicted octanol–water partition coefficient (Wildman–Crippen LogP) is 3.44. The van der Waals surface area contributed by atoms with E-state index in [9.17, 15) is 0 Å². The van der Waals surface area contributed by atoms with Crippen molar-refractivity contribution in [1.82, 2.24) is 0 Å². The minimum Gasteiger partial charge on any atom is -0.334 e. The molecule has 0 saturated carbocycles. The third-order valence-corrected chi connectivity index (χ3v) is 3.66. The van der Waals surface area contributed by atoms with Crippen LogP contribution in [0.1, 0.15) is 25.0 Å². The summed E-state index contributed by atoms with van der Waals surface area (Å²) in [5.74, 6) is 0. The van der Waals surface area contributed by atoms with Gasteiger partial charge < -0.3 is 9.05 Å². The van der Waals surface area contributed by atoms with Crippen molar-refractivity contribution >= 4 is 8.38 Å². The SMILES string of the molecule is CCOP(Cc1ccc(C#N)cc1)OCC. The Kier molecular flexibility index (Phi) is 6.03. The van der Waals surface area contributed by atoms with Crippen LogP contribution in [0.3, 0.4) is 0 Å². The Morgan fingerprint density at radius 3 is 2.12 bits per heavy atom. The van der Waals surface area contributed by atoms with Crippen LogP contribution in [-0.2, 0) is 15.2 Å². The molecule has 0 aromatic heterocycles. The van der Waals surface area contributed by atoms with Crippen LogP contribution in [0, 0.1) is 11.3 Å². The lowest BCUT2D eigenvalue weighted by atomic mass is 10.2. The van der Waals surface area contributed by atoms with Crippen molar-refractivity contribution in [3.05, 3.63) is 35.4 Å². The fraction of sp³-hybridized carbons (Fsp3) is 0.417. The molecular formula is C12H16NO2P. The van der Waals surface area contributed by atoms with Gasteiger partial charge in [0.25, 0.3) is 0 Å². The molecule has 0 amide bonds. The molecule has 16 heavy (non-hydrogen) atoms. The maximum Gasteiger partial charge on any atom is 0.175 e. The fourth-order valence-corrected chi connectivity index (χ4v) is 2.59. The smallest absolute Gasteiger partial charge is 0.175 e. The lowest BCUT2D eigenvalue weighted by molar-refractivity contribution is 0.268. The summed E-state index contributed by atoms with van der Waals surface area (Å²) in [4.78, 5) is 0. The van der Waals surface area contributed by atoms with Crippen molar-refractivity contribution in [3.63, 3.8) is 0 Å².